The van der Waals surface area contributed by atoms with Gasteiger partial charge in [0, 0.05) is 5.56 Å². The summed E-state index contributed by atoms with van der Waals surface area (Å²) >= 11 is 2.76. The van der Waals surface area contributed by atoms with E-state index in [1.807, 2.05) is 17.9 Å². The van der Waals surface area contributed by atoms with Crippen LogP contribution < -0.4 is 10.6 Å². The number of thioether (sulfide) groups is 1. The number of nitrogen functional groups attached to an aromatic ring is 1. The minimum Gasteiger partial charge on any atom is -0.374 e. The summed E-state index contributed by atoms with van der Waals surface area (Å²) in [6, 6.07) is 10.5. The molecular formula is C16H22N5OS2+. The van der Waals surface area contributed by atoms with Crippen LogP contribution in [0.1, 0.15) is 12.5 Å². The molecule has 1 aromatic heterocycles. The zero-order valence-corrected chi connectivity index (χ0v) is 15.3. The molecule has 0 aliphatic carbocycles. The standard InChI is InChI=1S/C16H21N5OS2/c1-12(23-16-19-18-15(17)24-16)14(22)21-9-7-20(8-10-21)11-13-5-3-2-4-6-13/h2-6,12H,7-11H2,1H3,(H2,17,18)/p+1/t12-/m0/s1. The Labute approximate surface area is 150 Å². The molecule has 1 amide bonds. The van der Waals surface area contributed by atoms with E-state index in [0.717, 1.165) is 37.1 Å². The van der Waals surface area contributed by atoms with Crippen molar-refractivity contribution in [3.05, 3.63) is 35.9 Å². The normalized spacial score (nSPS) is 17.0. The van der Waals surface area contributed by atoms with Gasteiger partial charge in [0.1, 0.15) is 6.54 Å². The lowest BCUT2D eigenvalue weighted by molar-refractivity contribution is -0.917. The van der Waals surface area contributed by atoms with E-state index >= 15 is 0 Å². The molecule has 6 nitrogen and oxygen atoms in total. The van der Waals surface area contributed by atoms with Crippen LogP contribution in [0.2, 0.25) is 0 Å². The number of amides is 1. The van der Waals surface area contributed by atoms with Crippen molar-refractivity contribution in [1.29, 1.82) is 0 Å². The van der Waals surface area contributed by atoms with Crippen molar-refractivity contribution in [2.24, 2.45) is 0 Å². The molecule has 0 bridgehead atoms. The Balaban J connectivity index is 1.47. The summed E-state index contributed by atoms with van der Waals surface area (Å²) in [4.78, 5) is 16.1. The van der Waals surface area contributed by atoms with Gasteiger partial charge in [0.15, 0.2) is 4.34 Å². The Morgan fingerprint density at radius 1 is 1.33 bits per heavy atom. The first-order valence-electron chi connectivity index (χ1n) is 8.04. The highest BCUT2D eigenvalue weighted by atomic mass is 32.2. The van der Waals surface area contributed by atoms with Crippen molar-refractivity contribution in [3.63, 3.8) is 0 Å². The number of rotatable bonds is 5. The Kier molecular flexibility index (Phi) is 5.70. The van der Waals surface area contributed by atoms with Crippen molar-refractivity contribution < 1.29 is 9.69 Å². The van der Waals surface area contributed by atoms with Gasteiger partial charge in [-0.25, -0.2) is 0 Å². The highest BCUT2D eigenvalue weighted by Gasteiger charge is 2.28. The molecule has 1 aliphatic heterocycles. The summed E-state index contributed by atoms with van der Waals surface area (Å²) < 4.78 is 0.752. The van der Waals surface area contributed by atoms with Crippen LogP contribution in [0.4, 0.5) is 5.13 Å². The van der Waals surface area contributed by atoms with Gasteiger partial charge in [-0.1, -0.05) is 53.4 Å². The van der Waals surface area contributed by atoms with Crippen LogP contribution in [0.3, 0.4) is 0 Å². The van der Waals surface area contributed by atoms with Crippen molar-refractivity contribution >= 4 is 34.1 Å². The van der Waals surface area contributed by atoms with Crippen LogP contribution in [0.25, 0.3) is 0 Å². The number of carbonyl (C=O) groups is 1. The first kappa shape index (κ1) is 17.2. The number of hydrogen-bond donors (Lipinski definition) is 2. The fourth-order valence-corrected chi connectivity index (χ4v) is 4.70. The number of piperazine rings is 1. The smallest absolute Gasteiger partial charge is 0.236 e. The number of nitrogens with two attached hydrogens (primary N) is 1. The van der Waals surface area contributed by atoms with Gasteiger partial charge in [0.25, 0.3) is 0 Å². The molecule has 128 valence electrons. The van der Waals surface area contributed by atoms with Gasteiger partial charge < -0.3 is 15.5 Å². The average Bonchev–Trinajstić information content (AvgIpc) is 3.00. The molecule has 0 spiro atoms. The number of quaternary nitrogens is 1. The van der Waals surface area contributed by atoms with E-state index < -0.39 is 0 Å². The second kappa shape index (κ2) is 7.96. The second-order valence-electron chi connectivity index (χ2n) is 5.90. The monoisotopic (exact) mass is 364 g/mol. The summed E-state index contributed by atoms with van der Waals surface area (Å²) in [5, 5.41) is 8.04. The summed E-state index contributed by atoms with van der Waals surface area (Å²) in [6.45, 7) is 6.55. The minimum absolute atomic E-state index is 0.159. The topological polar surface area (TPSA) is 76.5 Å². The Bertz CT molecular complexity index is 670. The van der Waals surface area contributed by atoms with Crippen molar-refractivity contribution in [1.82, 2.24) is 15.1 Å². The molecule has 0 radical (unpaired) electrons. The third kappa shape index (κ3) is 4.46. The zero-order chi connectivity index (χ0) is 16.9. The maximum atomic E-state index is 12.6. The maximum absolute atomic E-state index is 12.6. The predicted molar refractivity (Wildman–Crippen MR) is 97.1 cm³/mol. The van der Waals surface area contributed by atoms with Crippen molar-refractivity contribution in [2.45, 2.75) is 23.1 Å². The number of aromatic nitrogens is 2. The van der Waals surface area contributed by atoms with Gasteiger partial charge in [-0.2, -0.15) is 0 Å². The van der Waals surface area contributed by atoms with Crippen LogP contribution in [0.5, 0.6) is 0 Å². The lowest BCUT2D eigenvalue weighted by Crippen LogP contribution is -3.13. The van der Waals surface area contributed by atoms with Crippen LogP contribution in [-0.4, -0.2) is 52.4 Å². The van der Waals surface area contributed by atoms with Crippen molar-refractivity contribution in [3.8, 4) is 0 Å². The quantitative estimate of drug-likeness (QED) is 0.757. The van der Waals surface area contributed by atoms with Gasteiger partial charge in [-0.3, -0.25) is 4.79 Å². The first-order chi connectivity index (χ1) is 11.6. The highest BCUT2D eigenvalue weighted by Crippen LogP contribution is 2.28. The third-order valence-electron chi connectivity index (χ3n) is 4.13. The van der Waals surface area contributed by atoms with E-state index in [4.69, 9.17) is 5.73 Å². The number of anilines is 1. The fraction of sp³-hybridized carbons (Fsp3) is 0.438. The number of benzene rings is 1. The fourth-order valence-electron chi connectivity index (χ4n) is 2.83. The first-order valence-corrected chi connectivity index (χ1v) is 9.73. The largest absolute Gasteiger partial charge is 0.374 e. The zero-order valence-electron chi connectivity index (χ0n) is 13.6. The Morgan fingerprint density at radius 3 is 2.67 bits per heavy atom. The molecule has 1 atom stereocenters. The van der Waals surface area contributed by atoms with Gasteiger partial charge >= 0.3 is 0 Å². The average molecular weight is 365 g/mol. The highest BCUT2D eigenvalue weighted by molar-refractivity contribution is 8.02. The van der Waals surface area contributed by atoms with E-state index in [9.17, 15) is 4.79 Å². The van der Waals surface area contributed by atoms with E-state index in [-0.39, 0.29) is 11.2 Å². The van der Waals surface area contributed by atoms with Gasteiger partial charge in [0.05, 0.1) is 31.4 Å². The molecule has 8 heteroatoms. The molecule has 0 saturated carbocycles. The van der Waals surface area contributed by atoms with Crippen LogP contribution in [-0.2, 0) is 11.3 Å². The Morgan fingerprint density at radius 2 is 2.04 bits per heavy atom. The van der Waals surface area contributed by atoms with E-state index in [0.29, 0.717) is 5.13 Å². The Hall–Kier alpha value is -1.64. The molecule has 0 unspecified atom stereocenters. The number of hydrogen-bond acceptors (Lipinski definition) is 6. The van der Waals surface area contributed by atoms with Crippen LogP contribution in [0, 0.1) is 0 Å². The van der Waals surface area contributed by atoms with Gasteiger partial charge in [-0.05, 0) is 6.92 Å². The summed E-state index contributed by atoms with van der Waals surface area (Å²) in [7, 11) is 0. The number of nitrogens with one attached hydrogen (secondary N) is 1. The number of nitrogens with zero attached hydrogens (tertiary/aromatic N) is 3. The summed E-state index contributed by atoms with van der Waals surface area (Å²) in [6.07, 6.45) is 0. The van der Waals surface area contributed by atoms with Crippen LogP contribution >= 0.6 is 23.1 Å². The molecule has 1 aliphatic rings. The summed E-state index contributed by atoms with van der Waals surface area (Å²) in [5.41, 5.74) is 6.94. The molecule has 1 saturated heterocycles. The molecular weight excluding hydrogens is 342 g/mol. The number of carbonyl (C=O) groups excluding carboxylic acids is 1. The molecule has 3 rings (SSSR count). The lowest BCUT2D eigenvalue weighted by atomic mass is 10.2. The molecule has 3 N–H and O–H groups in total. The van der Waals surface area contributed by atoms with E-state index in [1.54, 1.807) is 0 Å². The SMILES string of the molecule is C[C@H](Sc1nnc(N)s1)C(=O)N1CC[NH+](Cc2ccccc2)CC1. The predicted octanol–water partition coefficient (Wildman–Crippen LogP) is 0.528. The van der Waals surface area contributed by atoms with E-state index in [1.165, 1.54) is 33.6 Å². The van der Waals surface area contributed by atoms with Gasteiger partial charge in [-0.15, -0.1) is 10.2 Å². The molecule has 1 fully saturated rings. The van der Waals surface area contributed by atoms with Crippen LogP contribution in [0.15, 0.2) is 34.7 Å². The minimum atomic E-state index is -0.159. The second-order valence-corrected chi connectivity index (χ2v) is 8.50. The summed E-state index contributed by atoms with van der Waals surface area (Å²) in [5.74, 6) is 0.174. The van der Waals surface area contributed by atoms with Gasteiger partial charge in [0.2, 0.25) is 11.0 Å². The van der Waals surface area contributed by atoms with Crippen molar-refractivity contribution in [2.75, 3.05) is 31.9 Å². The molecule has 2 aromatic rings. The molecule has 24 heavy (non-hydrogen) atoms. The van der Waals surface area contributed by atoms with E-state index in [2.05, 4.69) is 34.5 Å². The third-order valence-corrected chi connectivity index (χ3v) is 6.05. The molecule has 1 aromatic carbocycles. The lowest BCUT2D eigenvalue weighted by Gasteiger charge is -2.33. The maximum Gasteiger partial charge on any atom is 0.236 e. The molecule has 2 heterocycles.